The third kappa shape index (κ3) is 2.89. The maximum atomic E-state index is 6.32. The lowest BCUT2D eigenvalue weighted by Crippen LogP contribution is -2.13. The minimum Gasteiger partial charge on any atom is -0.320 e. The van der Waals surface area contributed by atoms with Gasteiger partial charge in [0, 0.05) is 8.04 Å². The van der Waals surface area contributed by atoms with Crippen molar-refractivity contribution in [2.24, 2.45) is 5.73 Å². The van der Waals surface area contributed by atoms with Crippen LogP contribution in [0.25, 0.3) is 0 Å². The molecule has 0 fully saturated rings. The standard InChI is InChI=1S/C14H13BrIN/c1-9-3-2-4-12(13(9)16)14(17)10-5-7-11(15)8-6-10/h2-8,14H,17H2,1H3. The van der Waals surface area contributed by atoms with Crippen LogP contribution in [0, 0.1) is 10.5 Å². The van der Waals surface area contributed by atoms with Gasteiger partial charge in [0.05, 0.1) is 6.04 Å². The van der Waals surface area contributed by atoms with E-state index in [9.17, 15) is 0 Å². The first-order valence-electron chi connectivity index (χ1n) is 5.35. The summed E-state index contributed by atoms with van der Waals surface area (Å²) in [5.41, 5.74) is 9.91. The highest BCUT2D eigenvalue weighted by molar-refractivity contribution is 14.1. The number of hydrogen-bond acceptors (Lipinski definition) is 1. The third-order valence-corrected chi connectivity index (χ3v) is 4.79. The van der Waals surface area contributed by atoms with Crippen LogP contribution in [0.3, 0.4) is 0 Å². The van der Waals surface area contributed by atoms with E-state index in [0.717, 1.165) is 10.0 Å². The van der Waals surface area contributed by atoms with E-state index in [1.54, 1.807) is 0 Å². The molecule has 0 saturated heterocycles. The molecule has 2 N–H and O–H groups in total. The van der Waals surface area contributed by atoms with Crippen LogP contribution in [0.15, 0.2) is 46.9 Å². The molecule has 88 valence electrons. The van der Waals surface area contributed by atoms with Crippen molar-refractivity contribution in [2.75, 3.05) is 0 Å². The number of hydrogen-bond donors (Lipinski definition) is 1. The summed E-state index contributed by atoms with van der Waals surface area (Å²) in [6, 6.07) is 14.4. The predicted octanol–water partition coefficient (Wildman–Crippen LogP) is 4.41. The zero-order chi connectivity index (χ0) is 12.4. The molecular weight excluding hydrogens is 389 g/mol. The lowest BCUT2D eigenvalue weighted by Gasteiger charge is -2.15. The average Bonchev–Trinajstić information content (AvgIpc) is 2.33. The second kappa shape index (κ2) is 5.50. The van der Waals surface area contributed by atoms with Gasteiger partial charge in [-0.05, 0) is 58.3 Å². The van der Waals surface area contributed by atoms with E-state index in [1.807, 2.05) is 12.1 Å². The summed E-state index contributed by atoms with van der Waals surface area (Å²) in [7, 11) is 0. The number of aryl methyl sites for hydroxylation is 1. The minimum atomic E-state index is -0.0603. The average molecular weight is 402 g/mol. The quantitative estimate of drug-likeness (QED) is 0.741. The van der Waals surface area contributed by atoms with Crippen LogP contribution in [-0.4, -0.2) is 0 Å². The second-order valence-corrected chi connectivity index (χ2v) is 6.00. The van der Waals surface area contributed by atoms with Gasteiger partial charge in [-0.25, -0.2) is 0 Å². The van der Waals surface area contributed by atoms with E-state index in [4.69, 9.17) is 5.73 Å². The Balaban J connectivity index is 2.40. The summed E-state index contributed by atoms with van der Waals surface area (Å²) < 4.78 is 2.33. The Morgan fingerprint density at radius 3 is 2.41 bits per heavy atom. The van der Waals surface area contributed by atoms with Crippen LogP contribution >= 0.6 is 38.5 Å². The monoisotopic (exact) mass is 401 g/mol. The Morgan fingerprint density at radius 2 is 1.76 bits per heavy atom. The minimum absolute atomic E-state index is 0.0603. The van der Waals surface area contributed by atoms with E-state index in [1.165, 1.54) is 14.7 Å². The highest BCUT2D eigenvalue weighted by atomic mass is 127. The fraction of sp³-hybridized carbons (Fsp3) is 0.143. The zero-order valence-electron chi connectivity index (χ0n) is 9.45. The normalized spacial score (nSPS) is 12.5. The summed E-state index contributed by atoms with van der Waals surface area (Å²) >= 11 is 5.80. The maximum Gasteiger partial charge on any atom is 0.0562 e. The van der Waals surface area contributed by atoms with Crippen molar-refractivity contribution in [3.63, 3.8) is 0 Å². The molecule has 0 spiro atoms. The van der Waals surface area contributed by atoms with E-state index < -0.39 is 0 Å². The molecule has 0 aliphatic carbocycles. The Bertz CT molecular complexity index is 522. The van der Waals surface area contributed by atoms with Crippen LogP contribution in [0.4, 0.5) is 0 Å². The van der Waals surface area contributed by atoms with Gasteiger partial charge in [0.1, 0.15) is 0 Å². The van der Waals surface area contributed by atoms with Crippen molar-refractivity contribution in [1.29, 1.82) is 0 Å². The van der Waals surface area contributed by atoms with E-state index in [-0.39, 0.29) is 6.04 Å². The highest BCUT2D eigenvalue weighted by Crippen LogP contribution is 2.27. The second-order valence-electron chi connectivity index (χ2n) is 4.01. The molecule has 0 bridgehead atoms. The van der Waals surface area contributed by atoms with Gasteiger partial charge in [0.2, 0.25) is 0 Å². The van der Waals surface area contributed by atoms with Gasteiger partial charge in [-0.2, -0.15) is 0 Å². The first-order valence-corrected chi connectivity index (χ1v) is 7.23. The fourth-order valence-corrected chi connectivity index (χ4v) is 2.72. The number of rotatable bonds is 2. The van der Waals surface area contributed by atoms with Gasteiger partial charge in [0.25, 0.3) is 0 Å². The molecule has 2 rings (SSSR count). The molecule has 1 nitrogen and oxygen atoms in total. The summed E-state index contributed by atoms with van der Waals surface area (Å²) in [4.78, 5) is 0. The maximum absolute atomic E-state index is 6.32. The fourth-order valence-electron chi connectivity index (χ4n) is 1.76. The third-order valence-electron chi connectivity index (χ3n) is 2.79. The summed E-state index contributed by atoms with van der Waals surface area (Å²) in [5.74, 6) is 0. The molecule has 0 amide bonds. The van der Waals surface area contributed by atoms with Crippen molar-refractivity contribution in [1.82, 2.24) is 0 Å². The van der Waals surface area contributed by atoms with Crippen LogP contribution in [0.1, 0.15) is 22.7 Å². The van der Waals surface area contributed by atoms with E-state index in [2.05, 4.69) is 75.8 Å². The van der Waals surface area contributed by atoms with Crippen molar-refractivity contribution in [3.8, 4) is 0 Å². The van der Waals surface area contributed by atoms with Crippen LogP contribution in [0.2, 0.25) is 0 Å². The van der Waals surface area contributed by atoms with Gasteiger partial charge in [0.15, 0.2) is 0 Å². The molecular formula is C14H13BrIN. The Hall–Kier alpha value is -0.390. The summed E-state index contributed by atoms with van der Waals surface area (Å²) in [6.45, 7) is 2.11. The van der Waals surface area contributed by atoms with Crippen molar-refractivity contribution >= 4 is 38.5 Å². The molecule has 0 heterocycles. The molecule has 1 unspecified atom stereocenters. The molecule has 0 saturated carbocycles. The van der Waals surface area contributed by atoms with Gasteiger partial charge in [-0.15, -0.1) is 0 Å². The lowest BCUT2D eigenvalue weighted by atomic mass is 9.98. The first kappa shape index (κ1) is 13.1. The summed E-state index contributed by atoms with van der Waals surface area (Å²) in [5, 5.41) is 0. The number of halogens is 2. The van der Waals surface area contributed by atoms with Crippen molar-refractivity contribution < 1.29 is 0 Å². The van der Waals surface area contributed by atoms with Crippen LogP contribution in [0.5, 0.6) is 0 Å². The molecule has 0 aliphatic heterocycles. The Kier molecular flexibility index (Phi) is 4.22. The molecule has 3 heteroatoms. The molecule has 1 atom stereocenters. The molecule has 2 aromatic rings. The van der Waals surface area contributed by atoms with Gasteiger partial charge in [-0.1, -0.05) is 46.3 Å². The Morgan fingerprint density at radius 1 is 1.12 bits per heavy atom. The topological polar surface area (TPSA) is 26.0 Å². The smallest absolute Gasteiger partial charge is 0.0562 e. The number of benzene rings is 2. The van der Waals surface area contributed by atoms with Crippen LogP contribution < -0.4 is 5.73 Å². The summed E-state index contributed by atoms with van der Waals surface area (Å²) in [6.07, 6.45) is 0. The van der Waals surface area contributed by atoms with Gasteiger partial charge < -0.3 is 5.73 Å². The van der Waals surface area contributed by atoms with Crippen LogP contribution in [-0.2, 0) is 0 Å². The zero-order valence-corrected chi connectivity index (χ0v) is 13.2. The first-order chi connectivity index (χ1) is 8.09. The van der Waals surface area contributed by atoms with E-state index in [0.29, 0.717) is 0 Å². The van der Waals surface area contributed by atoms with Crippen molar-refractivity contribution in [3.05, 3.63) is 67.2 Å². The van der Waals surface area contributed by atoms with Crippen molar-refractivity contribution in [2.45, 2.75) is 13.0 Å². The molecule has 2 aromatic carbocycles. The molecule has 17 heavy (non-hydrogen) atoms. The lowest BCUT2D eigenvalue weighted by molar-refractivity contribution is 0.862. The Labute approximate surface area is 124 Å². The molecule has 0 radical (unpaired) electrons. The van der Waals surface area contributed by atoms with E-state index >= 15 is 0 Å². The molecule has 0 aliphatic rings. The van der Waals surface area contributed by atoms with Gasteiger partial charge in [-0.3, -0.25) is 0 Å². The predicted molar refractivity (Wildman–Crippen MR) is 84.1 cm³/mol. The largest absolute Gasteiger partial charge is 0.320 e. The highest BCUT2D eigenvalue weighted by Gasteiger charge is 2.12. The number of nitrogens with two attached hydrogens (primary N) is 1. The van der Waals surface area contributed by atoms with Gasteiger partial charge >= 0.3 is 0 Å². The molecule has 0 aromatic heterocycles. The SMILES string of the molecule is Cc1cccc(C(N)c2ccc(Br)cc2)c1I.